The zero-order valence-corrected chi connectivity index (χ0v) is 10.8. The Bertz CT molecular complexity index is 497. The summed E-state index contributed by atoms with van der Waals surface area (Å²) in [6.45, 7) is 1.88. The van der Waals surface area contributed by atoms with Gasteiger partial charge < -0.3 is 0 Å². The number of nitrogens with zero attached hydrogens (tertiary/aromatic N) is 2. The lowest BCUT2D eigenvalue weighted by Gasteiger charge is -2.03. The van der Waals surface area contributed by atoms with Crippen LogP contribution >= 0.6 is 35.0 Å². The van der Waals surface area contributed by atoms with Crippen LogP contribution in [-0.2, 0) is 0 Å². The number of benzene rings is 1. The van der Waals surface area contributed by atoms with Gasteiger partial charge >= 0.3 is 0 Å². The molecule has 2 aromatic rings. The molecule has 5 heteroatoms. The molecule has 0 spiro atoms. The summed E-state index contributed by atoms with van der Waals surface area (Å²) < 4.78 is 0. The predicted octanol–water partition coefficient (Wildman–Crippen LogP) is 4.24. The van der Waals surface area contributed by atoms with Crippen molar-refractivity contribution in [2.75, 3.05) is 0 Å². The summed E-state index contributed by atoms with van der Waals surface area (Å²) in [5.41, 5.74) is 0.842. The molecule has 2 rings (SSSR count). The molecule has 1 aromatic carbocycles. The number of aryl methyl sites for hydroxylation is 1. The maximum Gasteiger partial charge on any atom is 0.223 e. The highest BCUT2D eigenvalue weighted by Crippen LogP contribution is 2.32. The van der Waals surface area contributed by atoms with Crippen molar-refractivity contribution in [3.63, 3.8) is 0 Å². The van der Waals surface area contributed by atoms with Crippen molar-refractivity contribution in [2.24, 2.45) is 0 Å². The van der Waals surface area contributed by atoms with Crippen LogP contribution < -0.4 is 0 Å². The largest absolute Gasteiger partial charge is 0.223 e. The van der Waals surface area contributed by atoms with Gasteiger partial charge in [0.05, 0.1) is 5.02 Å². The minimum Gasteiger partial charge on any atom is -0.223 e. The van der Waals surface area contributed by atoms with Gasteiger partial charge in [0.25, 0.3) is 0 Å². The molecular formula is C11H8Cl2N2S. The second kappa shape index (κ2) is 5.04. The molecular weight excluding hydrogens is 263 g/mol. The third-order valence-electron chi connectivity index (χ3n) is 1.85. The van der Waals surface area contributed by atoms with E-state index in [9.17, 15) is 0 Å². The first kappa shape index (κ1) is 11.7. The molecule has 0 aliphatic carbocycles. The molecule has 0 saturated carbocycles. The van der Waals surface area contributed by atoms with Crippen molar-refractivity contribution in [3.05, 3.63) is 46.3 Å². The Morgan fingerprint density at radius 3 is 2.56 bits per heavy atom. The van der Waals surface area contributed by atoms with E-state index in [1.165, 1.54) is 11.8 Å². The van der Waals surface area contributed by atoms with E-state index in [0.717, 1.165) is 15.6 Å². The fraction of sp³-hybridized carbons (Fsp3) is 0.0909. The van der Waals surface area contributed by atoms with Gasteiger partial charge in [0.15, 0.2) is 0 Å². The van der Waals surface area contributed by atoms with Gasteiger partial charge in [-0.25, -0.2) is 9.97 Å². The summed E-state index contributed by atoms with van der Waals surface area (Å²) in [4.78, 5) is 9.09. The molecule has 0 N–H and O–H groups in total. The molecule has 0 fully saturated rings. The van der Waals surface area contributed by atoms with Crippen LogP contribution in [0.15, 0.2) is 40.3 Å². The van der Waals surface area contributed by atoms with Crippen LogP contribution in [0.1, 0.15) is 5.69 Å². The summed E-state index contributed by atoms with van der Waals surface area (Å²) in [5.74, 6) is 0. The van der Waals surface area contributed by atoms with E-state index in [0.29, 0.717) is 5.02 Å². The quantitative estimate of drug-likeness (QED) is 0.603. The highest BCUT2D eigenvalue weighted by Gasteiger charge is 2.05. The standard InChI is InChI=1S/C11H8Cl2N2S/c1-7-6-10(15-11(13)14-7)16-9-5-3-2-4-8(9)12/h2-6H,1H3. The van der Waals surface area contributed by atoms with Crippen LogP contribution in [0.4, 0.5) is 0 Å². The average Bonchev–Trinajstić information content (AvgIpc) is 2.20. The summed E-state index contributed by atoms with van der Waals surface area (Å²) >= 11 is 13.3. The number of aromatic nitrogens is 2. The van der Waals surface area contributed by atoms with Crippen LogP contribution in [0.2, 0.25) is 10.3 Å². The van der Waals surface area contributed by atoms with Gasteiger partial charge in [0.1, 0.15) is 5.03 Å². The van der Waals surface area contributed by atoms with Gasteiger partial charge in [-0.1, -0.05) is 35.5 Å². The first-order valence-corrected chi connectivity index (χ1v) is 6.16. The van der Waals surface area contributed by atoms with E-state index in [1.54, 1.807) is 0 Å². The van der Waals surface area contributed by atoms with Crippen LogP contribution in [0.5, 0.6) is 0 Å². The fourth-order valence-electron chi connectivity index (χ4n) is 1.20. The Labute approximate surface area is 108 Å². The zero-order valence-electron chi connectivity index (χ0n) is 8.45. The molecule has 16 heavy (non-hydrogen) atoms. The lowest BCUT2D eigenvalue weighted by Crippen LogP contribution is -1.88. The number of hydrogen-bond acceptors (Lipinski definition) is 3. The van der Waals surface area contributed by atoms with Crippen LogP contribution in [0.25, 0.3) is 0 Å². The van der Waals surface area contributed by atoms with Crippen LogP contribution in [0.3, 0.4) is 0 Å². The summed E-state index contributed by atoms with van der Waals surface area (Å²) in [6.07, 6.45) is 0. The van der Waals surface area contributed by atoms with Gasteiger partial charge in [-0.15, -0.1) is 0 Å². The third kappa shape index (κ3) is 2.88. The van der Waals surface area contributed by atoms with E-state index in [-0.39, 0.29) is 5.28 Å². The lowest BCUT2D eigenvalue weighted by atomic mass is 10.4. The molecule has 0 aliphatic heterocycles. The van der Waals surface area contributed by atoms with Gasteiger partial charge in [-0.05, 0) is 36.7 Å². The molecule has 0 amide bonds. The second-order valence-corrected chi connectivity index (χ2v) is 4.96. The summed E-state index contributed by atoms with van der Waals surface area (Å²) in [7, 11) is 0. The maximum atomic E-state index is 6.06. The zero-order chi connectivity index (χ0) is 11.5. The Hall–Kier alpha value is -0.770. The number of hydrogen-bond donors (Lipinski definition) is 0. The molecule has 1 heterocycles. The van der Waals surface area contributed by atoms with E-state index in [1.807, 2.05) is 37.3 Å². The molecule has 82 valence electrons. The molecule has 0 aliphatic rings. The Morgan fingerprint density at radius 2 is 1.88 bits per heavy atom. The van der Waals surface area contributed by atoms with Crippen molar-refractivity contribution in [1.29, 1.82) is 0 Å². The minimum atomic E-state index is 0.259. The normalized spacial score (nSPS) is 10.4. The topological polar surface area (TPSA) is 25.8 Å². The van der Waals surface area contributed by atoms with E-state index < -0.39 is 0 Å². The molecule has 0 radical (unpaired) electrons. The third-order valence-corrected chi connectivity index (χ3v) is 3.46. The highest BCUT2D eigenvalue weighted by molar-refractivity contribution is 7.99. The molecule has 0 unspecified atom stereocenters. The van der Waals surface area contributed by atoms with Crippen molar-refractivity contribution >= 4 is 35.0 Å². The van der Waals surface area contributed by atoms with Gasteiger partial charge in [-0.3, -0.25) is 0 Å². The minimum absolute atomic E-state index is 0.259. The molecule has 0 atom stereocenters. The van der Waals surface area contributed by atoms with Crippen molar-refractivity contribution in [3.8, 4) is 0 Å². The Morgan fingerprint density at radius 1 is 1.12 bits per heavy atom. The summed E-state index contributed by atoms with van der Waals surface area (Å²) in [5, 5.41) is 1.76. The molecule has 1 aromatic heterocycles. The molecule has 2 nitrogen and oxygen atoms in total. The van der Waals surface area contributed by atoms with E-state index in [4.69, 9.17) is 23.2 Å². The number of halogens is 2. The van der Waals surface area contributed by atoms with Gasteiger partial charge in [0.2, 0.25) is 5.28 Å². The van der Waals surface area contributed by atoms with Gasteiger partial charge in [-0.2, -0.15) is 0 Å². The molecule has 0 bridgehead atoms. The lowest BCUT2D eigenvalue weighted by molar-refractivity contribution is 1.01. The predicted molar refractivity (Wildman–Crippen MR) is 67.4 cm³/mol. The summed E-state index contributed by atoms with van der Waals surface area (Å²) in [6, 6.07) is 9.49. The van der Waals surface area contributed by atoms with E-state index in [2.05, 4.69) is 9.97 Å². The van der Waals surface area contributed by atoms with E-state index >= 15 is 0 Å². The monoisotopic (exact) mass is 270 g/mol. The van der Waals surface area contributed by atoms with Crippen molar-refractivity contribution in [2.45, 2.75) is 16.8 Å². The van der Waals surface area contributed by atoms with Gasteiger partial charge in [0, 0.05) is 10.6 Å². The average molecular weight is 271 g/mol. The SMILES string of the molecule is Cc1cc(Sc2ccccc2Cl)nc(Cl)n1. The fourth-order valence-corrected chi connectivity index (χ4v) is 2.62. The van der Waals surface area contributed by atoms with Crippen molar-refractivity contribution < 1.29 is 0 Å². The number of rotatable bonds is 2. The Balaban J connectivity index is 2.30. The van der Waals surface area contributed by atoms with Crippen molar-refractivity contribution in [1.82, 2.24) is 9.97 Å². The first-order valence-electron chi connectivity index (χ1n) is 4.59. The first-order chi connectivity index (χ1) is 7.65. The highest BCUT2D eigenvalue weighted by atomic mass is 35.5. The Kier molecular flexibility index (Phi) is 3.69. The molecule has 0 saturated heterocycles. The smallest absolute Gasteiger partial charge is 0.223 e. The maximum absolute atomic E-state index is 6.06. The van der Waals surface area contributed by atoms with Crippen LogP contribution in [0, 0.1) is 6.92 Å². The second-order valence-electron chi connectivity index (χ2n) is 3.15. The van der Waals surface area contributed by atoms with Crippen LogP contribution in [-0.4, -0.2) is 9.97 Å².